The fraction of sp³-hybridized carbons (Fsp3) is 1.00. The van der Waals surface area contributed by atoms with Crippen molar-refractivity contribution < 1.29 is 8.42 Å². The summed E-state index contributed by atoms with van der Waals surface area (Å²) in [5, 5.41) is 0. The molecule has 0 aromatic carbocycles. The predicted octanol–water partition coefficient (Wildman–Crippen LogP) is 1.08. The van der Waals surface area contributed by atoms with Gasteiger partial charge in [0.1, 0.15) is 0 Å². The van der Waals surface area contributed by atoms with Crippen LogP contribution in [0, 0.1) is 11.3 Å². The Bertz CT molecular complexity index is 316. The molecule has 0 aromatic rings. The maximum atomic E-state index is 11.0. The first-order valence-corrected chi connectivity index (χ1v) is 7.91. The van der Waals surface area contributed by atoms with E-state index in [0.717, 1.165) is 25.2 Å². The van der Waals surface area contributed by atoms with Gasteiger partial charge in [-0.1, -0.05) is 19.8 Å². The van der Waals surface area contributed by atoms with Crippen molar-refractivity contribution in [3.05, 3.63) is 0 Å². The molecule has 1 aliphatic rings. The molecule has 1 fully saturated rings. The Hall–Kier alpha value is -0.130. The molecule has 2 atom stereocenters. The Morgan fingerprint density at radius 1 is 1.50 bits per heavy atom. The van der Waals surface area contributed by atoms with Gasteiger partial charge in [-0.2, -0.15) is 0 Å². The minimum atomic E-state index is -3.06. The van der Waals surface area contributed by atoms with E-state index in [1.54, 1.807) is 0 Å². The van der Waals surface area contributed by atoms with Gasteiger partial charge in [0.15, 0.2) is 0 Å². The normalized spacial score (nSPS) is 31.6. The number of hydrogen-bond acceptors (Lipinski definition) is 3. The van der Waals surface area contributed by atoms with E-state index < -0.39 is 10.0 Å². The largest absolute Gasteiger partial charge is 0.330 e. The molecule has 0 heterocycles. The number of hydrogen-bond donors (Lipinski definition) is 2. The van der Waals surface area contributed by atoms with E-state index >= 15 is 0 Å². The molecule has 1 aliphatic carbocycles. The predicted molar refractivity (Wildman–Crippen MR) is 66.6 cm³/mol. The molecule has 4 nitrogen and oxygen atoms in total. The van der Waals surface area contributed by atoms with Gasteiger partial charge in [-0.25, -0.2) is 13.1 Å². The monoisotopic (exact) mass is 248 g/mol. The Morgan fingerprint density at radius 3 is 2.69 bits per heavy atom. The highest BCUT2D eigenvalue weighted by atomic mass is 32.2. The molecule has 5 heteroatoms. The minimum absolute atomic E-state index is 0.162. The smallest absolute Gasteiger partial charge is 0.208 e. The van der Waals surface area contributed by atoms with Crippen LogP contribution in [0.5, 0.6) is 0 Å². The first kappa shape index (κ1) is 13.9. The molecule has 1 saturated carbocycles. The van der Waals surface area contributed by atoms with Crippen molar-refractivity contribution in [3.63, 3.8) is 0 Å². The van der Waals surface area contributed by atoms with E-state index in [0.29, 0.717) is 13.1 Å². The van der Waals surface area contributed by atoms with Crippen molar-refractivity contribution in [3.8, 4) is 0 Å². The molecule has 1 rings (SSSR count). The van der Waals surface area contributed by atoms with Gasteiger partial charge in [-0.3, -0.25) is 0 Å². The van der Waals surface area contributed by atoms with Crippen LogP contribution in [0.25, 0.3) is 0 Å². The van der Waals surface area contributed by atoms with E-state index in [4.69, 9.17) is 5.73 Å². The second-order valence-electron chi connectivity index (χ2n) is 5.32. The van der Waals surface area contributed by atoms with Gasteiger partial charge < -0.3 is 5.73 Å². The lowest BCUT2D eigenvalue weighted by Gasteiger charge is -2.39. The quantitative estimate of drug-likeness (QED) is 0.764. The molecule has 0 bridgehead atoms. The fourth-order valence-electron chi connectivity index (χ4n) is 2.78. The van der Waals surface area contributed by atoms with Gasteiger partial charge in [0, 0.05) is 6.54 Å². The summed E-state index contributed by atoms with van der Waals surface area (Å²) in [7, 11) is -3.06. The van der Waals surface area contributed by atoms with Crippen LogP contribution in [0.15, 0.2) is 0 Å². The van der Waals surface area contributed by atoms with Crippen LogP contribution in [-0.4, -0.2) is 27.8 Å². The maximum Gasteiger partial charge on any atom is 0.208 e. The van der Waals surface area contributed by atoms with Crippen molar-refractivity contribution in [2.45, 2.75) is 39.0 Å². The average Bonchev–Trinajstić information content (AvgIpc) is 2.16. The van der Waals surface area contributed by atoms with Crippen molar-refractivity contribution >= 4 is 10.0 Å². The van der Waals surface area contributed by atoms with Crippen molar-refractivity contribution in [1.29, 1.82) is 0 Å². The minimum Gasteiger partial charge on any atom is -0.330 e. The van der Waals surface area contributed by atoms with E-state index in [1.807, 2.05) is 0 Å². The third-order valence-corrected chi connectivity index (χ3v) is 4.37. The molecular formula is C11H24N2O2S. The van der Waals surface area contributed by atoms with Gasteiger partial charge in [0.25, 0.3) is 0 Å². The summed E-state index contributed by atoms with van der Waals surface area (Å²) in [5.74, 6) is 0.718. The fourth-order valence-corrected chi connectivity index (χ4v) is 3.26. The van der Waals surface area contributed by atoms with Crippen LogP contribution < -0.4 is 10.5 Å². The number of sulfonamides is 1. The lowest BCUT2D eigenvalue weighted by atomic mass is 9.68. The molecule has 0 unspecified atom stereocenters. The molecule has 3 N–H and O–H groups in total. The highest BCUT2D eigenvalue weighted by Crippen LogP contribution is 2.40. The zero-order valence-electron chi connectivity index (χ0n) is 10.3. The molecule has 0 aromatic heterocycles. The summed E-state index contributed by atoms with van der Waals surface area (Å²) >= 11 is 0. The molecular weight excluding hydrogens is 224 g/mol. The van der Waals surface area contributed by atoms with Crippen molar-refractivity contribution in [1.82, 2.24) is 4.72 Å². The summed E-state index contributed by atoms with van der Waals surface area (Å²) in [6, 6.07) is 0. The molecule has 0 amide bonds. The molecule has 96 valence electrons. The van der Waals surface area contributed by atoms with Crippen LogP contribution in [0.2, 0.25) is 0 Å². The van der Waals surface area contributed by atoms with Gasteiger partial charge in [0.2, 0.25) is 10.0 Å². The molecule has 0 radical (unpaired) electrons. The summed E-state index contributed by atoms with van der Waals surface area (Å²) in [6.07, 6.45) is 6.83. The van der Waals surface area contributed by atoms with Crippen LogP contribution in [-0.2, 0) is 10.0 Å². The number of rotatable bonds is 5. The van der Waals surface area contributed by atoms with Crippen LogP contribution in [0.3, 0.4) is 0 Å². The molecule has 0 saturated heterocycles. The van der Waals surface area contributed by atoms with Crippen LogP contribution in [0.1, 0.15) is 39.0 Å². The average molecular weight is 248 g/mol. The SMILES string of the molecule is C[C@H]1CCC[C@@](CN)(CCNS(C)(=O)=O)C1. The molecule has 0 aliphatic heterocycles. The Labute approximate surface area is 99.0 Å². The number of nitrogens with one attached hydrogen (secondary N) is 1. The topological polar surface area (TPSA) is 72.2 Å². The van der Waals surface area contributed by atoms with Gasteiger partial charge in [-0.15, -0.1) is 0 Å². The number of nitrogens with two attached hydrogens (primary N) is 1. The van der Waals surface area contributed by atoms with E-state index in [1.165, 1.54) is 19.1 Å². The van der Waals surface area contributed by atoms with E-state index in [-0.39, 0.29) is 5.41 Å². The molecule has 16 heavy (non-hydrogen) atoms. The maximum absolute atomic E-state index is 11.0. The van der Waals surface area contributed by atoms with Crippen molar-refractivity contribution in [2.75, 3.05) is 19.3 Å². The third kappa shape index (κ3) is 4.39. The Balaban J connectivity index is 2.47. The Morgan fingerprint density at radius 2 is 2.19 bits per heavy atom. The van der Waals surface area contributed by atoms with Crippen LogP contribution in [0.4, 0.5) is 0 Å². The first-order valence-electron chi connectivity index (χ1n) is 6.02. The first-order chi connectivity index (χ1) is 7.37. The van der Waals surface area contributed by atoms with E-state index in [2.05, 4.69) is 11.6 Å². The summed E-state index contributed by atoms with van der Waals surface area (Å²) in [5.41, 5.74) is 6.04. The summed E-state index contributed by atoms with van der Waals surface area (Å²) < 4.78 is 24.5. The summed E-state index contributed by atoms with van der Waals surface area (Å²) in [4.78, 5) is 0. The lowest BCUT2D eigenvalue weighted by Crippen LogP contribution is -2.38. The summed E-state index contributed by atoms with van der Waals surface area (Å²) in [6.45, 7) is 3.44. The van der Waals surface area contributed by atoms with Gasteiger partial charge in [-0.05, 0) is 37.1 Å². The highest BCUT2D eigenvalue weighted by Gasteiger charge is 2.33. The zero-order valence-corrected chi connectivity index (χ0v) is 11.1. The standard InChI is InChI=1S/C11H24N2O2S/c1-10-4-3-5-11(8-10,9-12)6-7-13-16(2,14)15/h10,13H,3-9,12H2,1-2H3/t10-,11+/m0/s1. The zero-order chi connectivity index (χ0) is 12.2. The van der Waals surface area contributed by atoms with Crippen molar-refractivity contribution in [2.24, 2.45) is 17.1 Å². The lowest BCUT2D eigenvalue weighted by molar-refractivity contribution is 0.143. The molecule has 0 spiro atoms. The highest BCUT2D eigenvalue weighted by molar-refractivity contribution is 7.88. The second kappa shape index (κ2) is 5.47. The second-order valence-corrected chi connectivity index (χ2v) is 7.16. The third-order valence-electron chi connectivity index (χ3n) is 3.64. The van der Waals surface area contributed by atoms with E-state index in [9.17, 15) is 8.42 Å². The van der Waals surface area contributed by atoms with Crippen LogP contribution >= 0.6 is 0 Å². The van der Waals surface area contributed by atoms with Gasteiger partial charge >= 0.3 is 0 Å². The van der Waals surface area contributed by atoms with Gasteiger partial charge in [0.05, 0.1) is 6.26 Å². The Kier molecular flexibility index (Phi) is 4.76.